The molecular formula is C33H50N6O6. The van der Waals surface area contributed by atoms with Crippen molar-refractivity contribution in [3.63, 3.8) is 0 Å². The second kappa shape index (κ2) is 14.2. The molecule has 0 aromatic carbocycles. The molecule has 45 heavy (non-hydrogen) atoms. The van der Waals surface area contributed by atoms with Gasteiger partial charge in [0.1, 0.15) is 28.6 Å². The molecule has 2 aliphatic rings. The van der Waals surface area contributed by atoms with Crippen molar-refractivity contribution in [1.82, 2.24) is 24.7 Å². The number of carbonyl (C=O) groups excluding carboxylic acids is 3. The first kappa shape index (κ1) is 34.2. The largest absolute Gasteiger partial charge is 0.467 e. The molecule has 12 nitrogen and oxygen atoms in total. The Balaban J connectivity index is 1.69. The van der Waals surface area contributed by atoms with Gasteiger partial charge in [0, 0.05) is 44.3 Å². The van der Waals surface area contributed by atoms with E-state index in [9.17, 15) is 14.4 Å². The summed E-state index contributed by atoms with van der Waals surface area (Å²) >= 11 is 0. The zero-order chi connectivity index (χ0) is 32.9. The quantitative estimate of drug-likeness (QED) is 0.448. The number of carbonyl (C=O) groups is 3. The predicted molar refractivity (Wildman–Crippen MR) is 170 cm³/mol. The minimum absolute atomic E-state index is 0.0350. The maximum absolute atomic E-state index is 14.5. The Morgan fingerprint density at radius 2 is 1.80 bits per heavy atom. The first-order chi connectivity index (χ1) is 21.1. The highest BCUT2D eigenvalue weighted by Gasteiger charge is 2.41. The Hall–Kier alpha value is -3.67. The average Bonchev–Trinajstić information content (AvgIpc) is 3.50. The first-order valence-corrected chi connectivity index (χ1v) is 15.9. The number of furan rings is 1. The van der Waals surface area contributed by atoms with Gasteiger partial charge >= 0.3 is 6.09 Å². The maximum atomic E-state index is 14.5. The zero-order valence-corrected chi connectivity index (χ0v) is 28.1. The van der Waals surface area contributed by atoms with Gasteiger partial charge in [-0.25, -0.2) is 14.8 Å². The Morgan fingerprint density at radius 1 is 1.09 bits per heavy atom. The van der Waals surface area contributed by atoms with Crippen LogP contribution < -0.4 is 5.32 Å². The van der Waals surface area contributed by atoms with E-state index in [2.05, 4.69) is 10.3 Å². The number of ether oxygens (including phenoxy) is 2. The minimum Gasteiger partial charge on any atom is -0.467 e. The van der Waals surface area contributed by atoms with E-state index in [1.165, 1.54) is 0 Å². The standard InChI is InChI=1S/C33H50N6O6/c1-22(2)19-39(29(41)26-18-35-30(32(3,4)5)36-27(26)34-17-25-10-9-13-44-25)24-16-23(28(40)37-11-14-43-15-12-37)20-38(21-24)31(42)45-33(6,7)8/h9-10,13,18,22-24H,11-12,14-17,19-21H2,1-8H3,(H,34,35,36). The molecular weight excluding hydrogens is 576 g/mol. The number of amides is 3. The lowest BCUT2D eigenvalue weighted by Gasteiger charge is -2.44. The number of aromatic nitrogens is 2. The van der Waals surface area contributed by atoms with E-state index >= 15 is 0 Å². The highest BCUT2D eigenvalue weighted by Crippen LogP contribution is 2.29. The van der Waals surface area contributed by atoms with E-state index in [4.69, 9.17) is 18.9 Å². The van der Waals surface area contributed by atoms with Crippen LogP contribution in [0.3, 0.4) is 0 Å². The molecule has 3 amide bonds. The molecule has 0 bridgehead atoms. The fourth-order valence-corrected chi connectivity index (χ4v) is 5.56. The Labute approximate surface area is 266 Å². The molecule has 2 atom stereocenters. The van der Waals surface area contributed by atoms with Gasteiger partial charge in [-0.15, -0.1) is 0 Å². The number of likely N-dealkylation sites (tertiary alicyclic amines) is 1. The number of anilines is 1. The maximum Gasteiger partial charge on any atom is 0.410 e. The summed E-state index contributed by atoms with van der Waals surface area (Å²) in [7, 11) is 0. The summed E-state index contributed by atoms with van der Waals surface area (Å²) in [5.41, 5.74) is -0.729. The molecule has 2 aliphatic heterocycles. The topological polar surface area (TPSA) is 130 Å². The average molecular weight is 627 g/mol. The van der Waals surface area contributed by atoms with Crippen molar-refractivity contribution in [2.24, 2.45) is 11.8 Å². The summed E-state index contributed by atoms with van der Waals surface area (Å²) in [4.78, 5) is 56.2. The summed E-state index contributed by atoms with van der Waals surface area (Å²) in [6.07, 6.45) is 3.10. The van der Waals surface area contributed by atoms with Crippen LogP contribution in [-0.2, 0) is 26.2 Å². The van der Waals surface area contributed by atoms with Crippen LogP contribution in [-0.4, -0.2) is 100 Å². The number of morpholine rings is 1. The molecule has 4 rings (SSSR count). The molecule has 0 saturated carbocycles. The smallest absolute Gasteiger partial charge is 0.410 e. The summed E-state index contributed by atoms with van der Waals surface area (Å²) < 4.78 is 16.7. The first-order valence-electron chi connectivity index (χ1n) is 15.9. The number of nitrogens with zero attached hydrogens (tertiary/aromatic N) is 5. The van der Waals surface area contributed by atoms with Crippen LogP contribution in [0.25, 0.3) is 0 Å². The molecule has 0 radical (unpaired) electrons. The van der Waals surface area contributed by atoms with Gasteiger partial charge in [0.15, 0.2) is 0 Å². The number of rotatable bonds is 8. The lowest BCUT2D eigenvalue weighted by Crippen LogP contribution is -2.58. The second-order valence-corrected chi connectivity index (χ2v) is 14.4. The van der Waals surface area contributed by atoms with Gasteiger partial charge in [-0.2, -0.15) is 0 Å². The Kier molecular flexibility index (Phi) is 10.8. The summed E-state index contributed by atoms with van der Waals surface area (Å²) in [6, 6.07) is 3.23. The zero-order valence-electron chi connectivity index (χ0n) is 28.1. The van der Waals surface area contributed by atoms with Crippen LogP contribution in [0.1, 0.15) is 83.8 Å². The van der Waals surface area contributed by atoms with Gasteiger partial charge in [-0.05, 0) is 45.2 Å². The normalized spacial score (nSPS) is 19.4. The number of hydrogen-bond donors (Lipinski definition) is 1. The van der Waals surface area contributed by atoms with Gasteiger partial charge in [-0.3, -0.25) is 9.59 Å². The van der Waals surface area contributed by atoms with Crippen LogP contribution in [0.5, 0.6) is 0 Å². The van der Waals surface area contributed by atoms with E-state index in [1.807, 2.05) is 67.5 Å². The molecule has 2 fully saturated rings. The van der Waals surface area contributed by atoms with E-state index in [-0.39, 0.29) is 36.2 Å². The van der Waals surface area contributed by atoms with E-state index in [1.54, 1.807) is 27.2 Å². The molecule has 2 aromatic rings. The lowest BCUT2D eigenvalue weighted by molar-refractivity contribution is -0.142. The molecule has 4 heterocycles. The third-order valence-electron chi connectivity index (χ3n) is 7.72. The van der Waals surface area contributed by atoms with Crippen molar-refractivity contribution in [3.05, 3.63) is 41.7 Å². The molecule has 0 spiro atoms. The van der Waals surface area contributed by atoms with E-state index in [0.717, 1.165) is 0 Å². The van der Waals surface area contributed by atoms with E-state index in [0.29, 0.717) is 68.8 Å². The van der Waals surface area contributed by atoms with E-state index < -0.39 is 23.7 Å². The van der Waals surface area contributed by atoms with Crippen molar-refractivity contribution in [1.29, 1.82) is 0 Å². The van der Waals surface area contributed by atoms with Crippen molar-refractivity contribution in [3.8, 4) is 0 Å². The van der Waals surface area contributed by atoms with Crippen LogP contribution >= 0.6 is 0 Å². The number of nitrogens with one attached hydrogen (secondary N) is 1. The van der Waals surface area contributed by atoms with Gasteiger partial charge in [0.25, 0.3) is 5.91 Å². The predicted octanol–water partition coefficient (Wildman–Crippen LogP) is 4.56. The Bertz CT molecular complexity index is 1310. The Morgan fingerprint density at radius 3 is 2.40 bits per heavy atom. The molecule has 0 aliphatic carbocycles. The van der Waals surface area contributed by atoms with Crippen LogP contribution in [0.2, 0.25) is 0 Å². The van der Waals surface area contributed by atoms with Crippen molar-refractivity contribution >= 4 is 23.7 Å². The highest BCUT2D eigenvalue weighted by atomic mass is 16.6. The third-order valence-corrected chi connectivity index (χ3v) is 7.72. The summed E-state index contributed by atoms with van der Waals surface area (Å²) in [5.74, 6) is 1.04. The second-order valence-electron chi connectivity index (χ2n) is 14.4. The van der Waals surface area contributed by atoms with Gasteiger partial charge < -0.3 is 33.9 Å². The fourth-order valence-electron chi connectivity index (χ4n) is 5.56. The third kappa shape index (κ3) is 9.18. The summed E-state index contributed by atoms with van der Waals surface area (Å²) in [5, 5.41) is 3.29. The van der Waals surface area contributed by atoms with Crippen LogP contribution in [0.15, 0.2) is 29.0 Å². The SMILES string of the molecule is CC(C)CN(C(=O)c1cnc(C(C)(C)C)nc1NCc1ccco1)C1CC(C(=O)N2CCOCC2)CN(C(=O)OC(C)(C)C)C1. The monoisotopic (exact) mass is 626 g/mol. The molecule has 1 N–H and O–H groups in total. The molecule has 248 valence electrons. The molecule has 2 unspecified atom stereocenters. The van der Waals surface area contributed by atoms with Crippen molar-refractivity contribution < 1.29 is 28.3 Å². The molecule has 12 heteroatoms. The van der Waals surface area contributed by atoms with Gasteiger partial charge in [0.05, 0.1) is 38.0 Å². The summed E-state index contributed by atoms with van der Waals surface area (Å²) in [6.45, 7) is 18.8. The van der Waals surface area contributed by atoms with Gasteiger partial charge in [0.2, 0.25) is 5.91 Å². The molecule has 2 saturated heterocycles. The van der Waals surface area contributed by atoms with Crippen molar-refractivity contribution in [2.45, 2.75) is 85.4 Å². The fraction of sp³-hybridized carbons (Fsp3) is 0.667. The minimum atomic E-state index is -0.706. The van der Waals surface area contributed by atoms with Gasteiger partial charge in [-0.1, -0.05) is 34.6 Å². The number of piperidine rings is 1. The van der Waals surface area contributed by atoms with Crippen LogP contribution in [0.4, 0.5) is 10.6 Å². The number of hydrogen-bond acceptors (Lipinski definition) is 9. The van der Waals surface area contributed by atoms with Crippen molar-refractivity contribution in [2.75, 3.05) is 51.3 Å². The highest BCUT2D eigenvalue weighted by molar-refractivity contribution is 5.98. The molecule has 2 aromatic heterocycles. The lowest BCUT2D eigenvalue weighted by atomic mass is 9.91. The van der Waals surface area contributed by atoms with Crippen LogP contribution in [0, 0.1) is 11.8 Å².